The molecule has 0 bridgehead atoms. The second-order valence-electron chi connectivity index (χ2n) is 1.46. The van der Waals surface area contributed by atoms with Gasteiger partial charge in [-0.2, -0.15) is 0 Å². The molecule has 3 heteroatoms. The van der Waals surface area contributed by atoms with Crippen LogP contribution in [0.2, 0.25) is 3.93 Å². The van der Waals surface area contributed by atoms with Crippen molar-refractivity contribution in [1.29, 1.82) is 0 Å². The predicted octanol–water partition coefficient (Wildman–Crippen LogP) is 0.745. The molecule has 0 aromatic carbocycles. The Morgan fingerprint density at radius 2 is 2.20 bits per heavy atom. The molecule has 0 aromatic rings. The SMILES string of the molecule is [BH2][Hg]([Cl])[CH2]C. The molecule has 0 amide bonds. The number of hydrogen-bond acceptors (Lipinski definition) is 0. The van der Waals surface area contributed by atoms with E-state index in [-0.39, 0.29) is 0 Å². The third-order valence-corrected chi connectivity index (χ3v) is 9.36. The van der Waals surface area contributed by atoms with Crippen molar-refractivity contribution in [2.45, 2.75) is 10.9 Å². The Labute approximate surface area is 45.7 Å². The van der Waals surface area contributed by atoms with E-state index in [1.54, 1.807) is 0 Å². The van der Waals surface area contributed by atoms with E-state index in [1.807, 2.05) is 0 Å². The first-order chi connectivity index (χ1) is 2.27. The molecule has 0 saturated carbocycles. The fraction of sp³-hybridized carbons (Fsp3) is 1.00. The molecule has 0 aromatic heterocycles. The average molecular weight is 278 g/mol. The van der Waals surface area contributed by atoms with Crippen LogP contribution in [-0.4, -0.2) is 5.17 Å². The molecular weight excluding hydrogens is 271 g/mol. The summed E-state index contributed by atoms with van der Waals surface area (Å²) in [4.78, 5) is 0. The molecule has 0 heterocycles. The molecule has 0 rings (SSSR count). The second-order valence-corrected chi connectivity index (χ2v) is 20.8. The van der Waals surface area contributed by atoms with Gasteiger partial charge in [-0.05, 0) is 0 Å². The third kappa shape index (κ3) is 5.29. The summed E-state index contributed by atoms with van der Waals surface area (Å²) in [5, 5.41) is 2.22. The molecule has 0 aliphatic carbocycles. The predicted molar refractivity (Wildman–Crippen MR) is 24.9 cm³/mol. The van der Waals surface area contributed by atoms with Crippen LogP contribution in [0.25, 0.3) is 0 Å². The zero-order valence-electron chi connectivity index (χ0n) is 3.79. The monoisotopic (exact) mass is 279 g/mol. The van der Waals surface area contributed by atoms with Gasteiger partial charge in [0.25, 0.3) is 0 Å². The van der Waals surface area contributed by atoms with Crippen molar-refractivity contribution in [2.75, 3.05) is 0 Å². The van der Waals surface area contributed by atoms with Crippen LogP contribution in [0.1, 0.15) is 6.92 Å². The minimum absolute atomic E-state index is 1.30. The summed E-state index contributed by atoms with van der Waals surface area (Å²) in [5.41, 5.74) is 0. The molecule has 0 nitrogen and oxygen atoms in total. The van der Waals surface area contributed by atoms with E-state index in [4.69, 9.17) is 8.25 Å². The van der Waals surface area contributed by atoms with E-state index in [2.05, 4.69) is 12.1 Å². The molecule has 0 unspecified atom stereocenters. The number of rotatable bonds is 1. The fourth-order valence-electron chi connectivity index (χ4n) is 0. The zero-order valence-corrected chi connectivity index (χ0v) is 10.0. The van der Waals surface area contributed by atoms with Crippen LogP contribution in [0, 0.1) is 0 Å². The summed E-state index contributed by atoms with van der Waals surface area (Å²) in [5.74, 6) is 0. The van der Waals surface area contributed by atoms with E-state index in [0.717, 1.165) is 0 Å². The van der Waals surface area contributed by atoms with Gasteiger partial charge in [0.15, 0.2) is 0 Å². The summed E-state index contributed by atoms with van der Waals surface area (Å²) in [6.45, 7) is 2.17. The maximum atomic E-state index is 5.69. The van der Waals surface area contributed by atoms with Crippen LogP contribution in [0.4, 0.5) is 0 Å². The summed E-state index contributed by atoms with van der Waals surface area (Å²) >= 11 is -1.37. The topological polar surface area (TPSA) is 0 Å². The Morgan fingerprint density at radius 3 is 2.20 bits per heavy atom. The Hall–Kier alpha value is 1.29. The Bertz CT molecular complexity index is 23.6. The normalized spacial score (nSPS) is 7.60. The Morgan fingerprint density at radius 1 is 2.00 bits per heavy atom. The first kappa shape index (κ1) is 6.29. The first-order valence-corrected chi connectivity index (χ1v) is 18.3. The summed E-state index contributed by atoms with van der Waals surface area (Å²) < 4.78 is 1.30. The van der Waals surface area contributed by atoms with Crippen LogP contribution in [0.15, 0.2) is 0 Å². The van der Waals surface area contributed by atoms with Gasteiger partial charge in [0.2, 0.25) is 0 Å². The molecule has 0 aliphatic rings. The molecular formula is C2H7BClHg. The van der Waals surface area contributed by atoms with Gasteiger partial charge < -0.3 is 0 Å². The van der Waals surface area contributed by atoms with Gasteiger partial charge in [0.1, 0.15) is 0 Å². The van der Waals surface area contributed by atoms with Crippen LogP contribution in [0.3, 0.4) is 0 Å². The molecule has 0 atom stereocenters. The molecule has 0 fully saturated rings. The second kappa shape index (κ2) is 3.48. The fourth-order valence-corrected chi connectivity index (χ4v) is 0. The standard InChI is InChI=1S/C2H5.BH2.ClH.Hg/c1-2;;;/h1H2,2H3;1H2;1H;/q;+1;;/p-1. The Balaban J connectivity index is 2.54. The van der Waals surface area contributed by atoms with Crippen molar-refractivity contribution in [1.82, 2.24) is 0 Å². The molecule has 27 valence electrons. The van der Waals surface area contributed by atoms with Crippen molar-refractivity contribution in [3.05, 3.63) is 0 Å². The maximum absolute atomic E-state index is 5.69. The van der Waals surface area contributed by atoms with E-state index in [0.29, 0.717) is 0 Å². The molecule has 0 radical (unpaired) electrons. The van der Waals surface area contributed by atoms with Gasteiger partial charge in [-0.25, -0.2) is 0 Å². The molecule has 0 N–H and O–H groups in total. The average Bonchev–Trinajstić information content (AvgIpc) is 1.38. The van der Waals surface area contributed by atoms with Gasteiger partial charge in [-0.15, -0.1) is 0 Å². The van der Waals surface area contributed by atoms with E-state index < -0.39 is 21.6 Å². The van der Waals surface area contributed by atoms with Gasteiger partial charge in [0.05, 0.1) is 0 Å². The van der Waals surface area contributed by atoms with Crippen molar-refractivity contribution in [3.63, 3.8) is 0 Å². The van der Waals surface area contributed by atoms with Crippen molar-refractivity contribution < 1.29 is 21.6 Å². The third-order valence-electron chi connectivity index (χ3n) is 0.689. The van der Waals surface area contributed by atoms with Crippen LogP contribution in [-0.2, 0) is 21.6 Å². The number of hydrogen-bond donors (Lipinski definition) is 0. The van der Waals surface area contributed by atoms with Crippen molar-refractivity contribution in [3.8, 4) is 0 Å². The summed E-state index contributed by atoms with van der Waals surface area (Å²) in [6, 6.07) is 0. The summed E-state index contributed by atoms with van der Waals surface area (Å²) in [6.07, 6.45) is 0. The van der Waals surface area contributed by atoms with Gasteiger partial charge in [-0.1, -0.05) is 0 Å². The van der Waals surface area contributed by atoms with Crippen LogP contribution < -0.4 is 0 Å². The molecule has 0 aliphatic heterocycles. The summed E-state index contributed by atoms with van der Waals surface area (Å²) in [7, 11) is 5.69. The van der Waals surface area contributed by atoms with Crippen LogP contribution >= 0.6 is 8.25 Å². The van der Waals surface area contributed by atoms with E-state index in [1.165, 1.54) is 3.93 Å². The number of halogens is 1. The molecule has 5 heavy (non-hydrogen) atoms. The molecule has 0 saturated heterocycles. The van der Waals surface area contributed by atoms with Gasteiger partial charge >= 0.3 is 45.8 Å². The minimum atomic E-state index is -1.37. The first-order valence-electron chi connectivity index (χ1n) is 2.18. The van der Waals surface area contributed by atoms with Gasteiger partial charge in [0, 0.05) is 0 Å². The van der Waals surface area contributed by atoms with Crippen LogP contribution in [0.5, 0.6) is 0 Å². The molecule has 0 spiro atoms. The van der Waals surface area contributed by atoms with E-state index in [9.17, 15) is 0 Å². The van der Waals surface area contributed by atoms with Crippen molar-refractivity contribution >= 4 is 13.4 Å². The van der Waals surface area contributed by atoms with Gasteiger partial charge in [-0.3, -0.25) is 0 Å². The van der Waals surface area contributed by atoms with Crippen molar-refractivity contribution in [2.24, 2.45) is 0 Å². The zero-order chi connectivity index (χ0) is 4.28. The quantitative estimate of drug-likeness (QED) is 0.621. The Kier molecular flexibility index (Phi) is 4.38. The van der Waals surface area contributed by atoms with E-state index >= 15 is 0 Å².